The van der Waals surface area contributed by atoms with Crippen molar-refractivity contribution in [1.29, 1.82) is 0 Å². The van der Waals surface area contributed by atoms with E-state index in [4.69, 9.17) is 0 Å². The Morgan fingerprint density at radius 2 is 2.00 bits per heavy atom. The summed E-state index contributed by atoms with van der Waals surface area (Å²) in [5, 5.41) is 2.89. The molecule has 1 saturated heterocycles. The molecule has 1 heterocycles. The van der Waals surface area contributed by atoms with Gasteiger partial charge in [-0.15, -0.1) is 0 Å². The van der Waals surface area contributed by atoms with Gasteiger partial charge in [0, 0.05) is 6.04 Å². The van der Waals surface area contributed by atoms with E-state index in [1.54, 1.807) is 0 Å². The number of likely N-dealkylation sites (tertiary alicyclic amines) is 1. The zero-order valence-corrected chi connectivity index (χ0v) is 8.10. The zero-order valence-electron chi connectivity index (χ0n) is 8.10. The van der Waals surface area contributed by atoms with Gasteiger partial charge in [-0.1, -0.05) is 6.92 Å². The summed E-state index contributed by atoms with van der Waals surface area (Å²) in [6.45, 7) is 5.13. The Hall–Kier alpha value is -0.220. The molecule has 1 aliphatic heterocycles. The Morgan fingerprint density at radius 3 is 2.46 bits per heavy atom. The topological polar surface area (TPSA) is 15.3 Å². The first kappa shape index (κ1) is 10.9. The molecule has 13 heavy (non-hydrogen) atoms. The number of hydrogen-bond donors (Lipinski definition) is 1. The summed E-state index contributed by atoms with van der Waals surface area (Å²) in [4.78, 5) is 2.35. The second kappa shape index (κ2) is 5.50. The van der Waals surface area contributed by atoms with Crippen LogP contribution < -0.4 is 5.32 Å². The largest absolute Gasteiger partial charge is 0.309 e. The minimum atomic E-state index is -2.22. The van der Waals surface area contributed by atoms with Crippen LogP contribution in [-0.2, 0) is 0 Å². The van der Waals surface area contributed by atoms with E-state index in [2.05, 4.69) is 17.1 Å². The van der Waals surface area contributed by atoms with E-state index in [0.717, 1.165) is 32.5 Å². The van der Waals surface area contributed by atoms with Crippen molar-refractivity contribution in [1.82, 2.24) is 10.2 Å². The van der Waals surface area contributed by atoms with Gasteiger partial charge in [0.25, 0.3) is 6.43 Å². The van der Waals surface area contributed by atoms with Gasteiger partial charge in [-0.3, -0.25) is 0 Å². The summed E-state index contributed by atoms with van der Waals surface area (Å²) in [5.74, 6) is 0. The number of alkyl halides is 2. The van der Waals surface area contributed by atoms with Crippen LogP contribution in [0.25, 0.3) is 0 Å². The Balaban J connectivity index is 2.10. The molecule has 0 spiro atoms. The lowest BCUT2D eigenvalue weighted by molar-refractivity contribution is 0.130. The second-order valence-electron chi connectivity index (χ2n) is 3.51. The van der Waals surface area contributed by atoms with E-state index in [-0.39, 0.29) is 6.54 Å². The highest BCUT2D eigenvalue weighted by molar-refractivity contribution is 4.76. The summed E-state index contributed by atoms with van der Waals surface area (Å²) < 4.78 is 23.7. The highest BCUT2D eigenvalue weighted by Gasteiger charge is 2.18. The highest BCUT2D eigenvalue weighted by atomic mass is 19.3. The van der Waals surface area contributed by atoms with Crippen LogP contribution in [0, 0.1) is 0 Å². The van der Waals surface area contributed by atoms with Crippen molar-refractivity contribution in [2.75, 3.05) is 26.2 Å². The summed E-state index contributed by atoms with van der Waals surface area (Å²) in [6, 6.07) is 0.303. The van der Waals surface area contributed by atoms with Crippen LogP contribution in [-0.4, -0.2) is 43.5 Å². The van der Waals surface area contributed by atoms with Gasteiger partial charge in [0.05, 0.1) is 6.54 Å². The van der Waals surface area contributed by atoms with Gasteiger partial charge in [0.1, 0.15) is 0 Å². The first-order valence-electron chi connectivity index (χ1n) is 4.96. The van der Waals surface area contributed by atoms with Gasteiger partial charge in [0.15, 0.2) is 0 Å². The van der Waals surface area contributed by atoms with E-state index < -0.39 is 6.43 Å². The summed E-state index contributed by atoms with van der Waals surface area (Å²) in [5.41, 5.74) is 0. The van der Waals surface area contributed by atoms with Crippen LogP contribution in [0.3, 0.4) is 0 Å². The minimum absolute atomic E-state index is 0.156. The first-order chi connectivity index (χ1) is 6.22. The van der Waals surface area contributed by atoms with Crippen LogP contribution in [0.2, 0.25) is 0 Å². The van der Waals surface area contributed by atoms with Crippen molar-refractivity contribution < 1.29 is 8.78 Å². The van der Waals surface area contributed by atoms with Gasteiger partial charge in [-0.05, 0) is 32.5 Å². The minimum Gasteiger partial charge on any atom is -0.309 e. The van der Waals surface area contributed by atoms with Crippen molar-refractivity contribution in [3.63, 3.8) is 0 Å². The van der Waals surface area contributed by atoms with Crippen molar-refractivity contribution in [2.45, 2.75) is 32.2 Å². The number of halogens is 2. The predicted octanol–water partition coefficient (Wildman–Crippen LogP) is 1.33. The van der Waals surface area contributed by atoms with Crippen molar-refractivity contribution >= 4 is 0 Å². The Bertz CT molecular complexity index is 134. The normalized spacial score (nSPS) is 21.2. The molecule has 0 amide bonds. The summed E-state index contributed by atoms with van der Waals surface area (Å²) in [6.07, 6.45) is -0.217. The number of nitrogens with one attached hydrogen (secondary N) is 1. The van der Waals surface area contributed by atoms with E-state index in [1.165, 1.54) is 0 Å². The molecule has 0 aliphatic carbocycles. The molecular formula is C9H18F2N2. The fraction of sp³-hybridized carbons (Fsp3) is 1.00. The van der Waals surface area contributed by atoms with Crippen LogP contribution in [0.4, 0.5) is 8.78 Å². The average Bonchev–Trinajstić information content (AvgIpc) is 2.15. The molecule has 0 aromatic heterocycles. The van der Waals surface area contributed by atoms with E-state index in [0.29, 0.717) is 6.04 Å². The first-order valence-corrected chi connectivity index (χ1v) is 4.96. The molecule has 0 radical (unpaired) electrons. The molecule has 1 N–H and O–H groups in total. The summed E-state index contributed by atoms with van der Waals surface area (Å²) in [7, 11) is 0. The van der Waals surface area contributed by atoms with Crippen molar-refractivity contribution in [3.05, 3.63) is 0 Å². The molecule has 0 unspecified atom stereocenters. The lowest BCUT2D eigenvalue weighted by Crippen LogP contribution is -2.43. The number of hydrogen-bond acceptors (Lipinski definition) is 2. The van der Waals surface area contributed by atoms with Crippen molar-refractivity contribution in [2.24, 2.45) is 0 Å². The smallest absolute Gasteiger partial charge is 0.250 e. The number of nitrogens with zero attached hydrogens (tertiary/aromatic N) is 1. The maximum Gasteiger partial charge on any atom is 0.250 e. The zero-order chi connectivity index (χ0) is 9.68. The van der Waals surface area contributed by atoms with Crippen LogP contribution in [0.5, 0.6) is 0 Å². The van der Waals surface area contributed by atoms with Crippen LogP contribution >= 0.6 is 0 Å². The molecule has 0 saturated carbocycles. The Kier molecular flexibility index (Phi) is 4.59. The number of piperidine rings is 1. The standard InChI is InChI=1S/C9H18F2N2/c1-2-13-5-3-8(4-6-13)12-7-9(10)11/h8-9,12H,2-7H2,1H3. The van der Waals surface area contributed by atoms with Crippen LogP contribution in [0.15, 0.2) is 0 Å². The molecule has 2 nitrogen and oxygen atoms in total. The number of rotatable bonds is 4. The third-order valence-corrected chi connectivity index (χ3v) is 2.60. The van der Waals surface area contributed by atoms with Gasteiger partial charge >= 0.3 is 0 Å². The molecule has 0 aromatic carbocycles. The summed E-state index contributed by atoms with van der Waals surface area (Å²) >= 11 is 0. The van der Waals surface area contributed by atoms with Gasteiger partial charge in [0.2, 0.25) is 0 Å². The molecule has 78 valence electrons. The molecular weight excluding hydrogens is 174 g/mol. The average molecular weight is 192 g/mol. The third kappa shape index (κ3) is 4.00. The van der Waals surface area contributed by atoms with Gasteiger partial charge in [-0.25, -0.2) is 8.78 Å². The van der Waals surface area contributed by atoms with Crippen molar-refractivity contribution in [3.8, 4) is 0 Å². The second-order valence-corrected chi connectivity index (χ2v) is 3.51. The monoisotopic (exact) mass is 192 g/mol. The Labute approximate surface area is 78.3 Å². The van der Waals surface area contributed by atoms with E-state index in [1.807, 2.05) is 0 Å². The fourth-order valence-electron chi connectivity index (χ4n) is 1.71. The van der Waals surface area contributed by atoms with Gasteiger partial charge < -0.3 is 10.2 Å². The molecule has 0 aromatic rings. The predicted molar refractivity (Wildman–Crippen MR) is 49.1 cm³/mol. The molecule has 1 fully saturated rings. The van der Waals surface area contributed by atoms with E-state index >= 15 is 0 Å². The SMILES string of the molecule is CCN1CCC(NCC(F)F)CC1. The van der Waals surface area contributed by atoms with E-state index in [9.17, 15) is 8.78 Å². The lowest BCUT2D eigenvalue weighted by atomic mass is 10.1. The molecule has 4 heteroatoms. The van der Waals surface area contributed by atoms with Crippen LogP contribution in [0.1, 0.15) is 19.8 Å². The maximum absolute atomic E-state index is 11.9. The molecule has 1 aliphatic rings. The molecule has 1 rings (SSSR count). The fourth-order valence-corrected chi connectivity index (χ4v) is 1.71. The Morgan fingerprint density at radius 1 is 1.38 bits per heavy atom. The molecule has 0 atom stereocenters. The lowest BCUT2D eigenvalue weighted by Gasteiger charge is -2.31. The quantitative estimate of drug-likeness (QED) is 0.722. The van der Waals surface area contributed by atoms with Gasteiger partial charge in [-0.2, -0.15) is 0 Å². The third-order valence-electron chi connectivity index (χ3n) is 2.60. The maximum atomic E-state index is 11.9. The molecule has 0 bridgehead atoms. The highest BCUT2D eigenvalue weighted by Crippen LogP contribution is 2.09.